The van der Waals surface area contributed by atoms with Gasteiger partial charge in [0.1, 0.15) is 5.00 Å². The second-order valence-corrected chi connectivity index (χ2v) is 8.12. The van der Waals surface area contributed by atoms with Crippen LogP contribution in [0.2, 0.25) is 0 Å². The molecule has 5 nitrogen and oxygen atoms in total. The number of hydrogen-bond donors (Lipinski definition) is 3. The van der Waals surface area contributed by atoms with Crippen LogP contribution in [0.1, 0.15) is 44.0 Å². The number of aryl methyl sites for hydroxylation is 1. The van der Waals surface area contributed by atoms with Crippen LogP contribution < -0.4 is 16.4 Å². The van der Waals surface area contributed by atoms with Crippen molar-refractivity contribution in [2.45, 2.75) is 25.7 Å². The predicted molar refractivity (Wildman–Crippen MR) is 107 cm³/mol. The number of halogens is 1. The van der Waals surface area contributed by atoms with E-state index < -0.39 is 5.91 Å². The van der Waals surface area contributed by atoms with E-state index in [1.165, 1.54) is 16.2 Å². The van der Waals surface area contributed by atoms with Gasteiger partial charge >= 0.3 is 0 Å². The molecule has 8 heteroatoms. The fourth-order valence-electron chi connectivity index (χ4n) is 2.83. The van der Waals surface area contributed by atoms with Crippen LogP contribution in [-0.2, 0) is 12.8 Å². The van der Waals surface area contributed by atoms with Gasteiger partial charge in [0.15, 0.2) is 5.11 Å². The van der Waals surface area contributed by atoms with Gasteiger partial charge in [-0.1, -0.05) is 15.9 Å². The average molecular weight is 438 g/mol. The minimum atomic E-state index is -0.469. The molecule has 3 rings (SSSR count). The first kappa shape index (κ1) is 18.0. The first-order valence-electron chi connectivity index (χ1n) is 7.78. The third-order valence-electron chi connectivity index (χ3n) is 3.98. The Morgan fingerprint density at radius 2 is 1.84 bits per heavy atom. The van der Waals surface area contributed by atoms with Crippen molar-refractivity contribution in [1.29, 1.82) is 0 Å². The summed E-state index contributed by atoms with van der Waals surface area (Å²) in [7, 11) is 0. The number of carbonyl (C=O) groups excluding carboxylic acids is 2. The van der Waals surface area contributed by atoms with E-state index in [9.17, 15) is 9.59 Å². The van der Waals surface area contributed by atoms with Gasteiger partial charge in [-0.05, 0) is 67.7 Å². The van der Waals surface area contributed by atoms with Gasteiger partial charge in [-0.15, -0.1) is 11.3 Å². The Balaban J connectivity index is 1.75. The average Bonchev–Trinajstić information content (AvgIpc) is 2.92. The third-order valence-corrected chi connectivity index (χ3v) is 5.92. The third kappa shape index (κ3) is 4.08. The molecule has 0 unspecified atom stereocenters. The van der Waals surface area contributed by atoms with Gasteiger partial charge in [0.2, 0.25) is 0 Å². The van der Waals surface area contributed by atoms with Gasteiger partial charge in [-0.25, -0.2) is 0 Å². The lowest BCUT2D eigenvalue weighted by Crippen LogP contribution is -2.34. The van der Waals surface area contributed by atoms with Gasteiger partial charge in [0, 0.05) is 14.9 Å². The molecule has 1 aromatic heterocycles. The van der Waals surface area contributed by atoms with Crippen molar-refractivity contribution < 1.29 is 9.59 Å². The maximum absolute atomic E-state index is 12.2. The van der Waals surface area contributed by atoms with E-state index in [-0.39, 0.29) is 11.0 Å². The lowest BCUT2D eigenvalue weighted by atomic mass is 9.95. The number of thiophene rings is 1. The second-order valence-electron chi connectivity index (χ2n) is 5.69. The number of hydrogen-bond acceptors (Lipinski definition) is 4. The molecule has 1 aliphatic carbocycles. The molecular weight excluding hydrogens is 422 g/mol. The number of thiocarbonyl (C=S) groups is 1. The molecule has 2 aromatic rings. The molecule has 0 aliphatic heterocycles. The Morgan fingerprint density at radius 1 is 1.16 bits per heavy atom. The molecule has 0 bridgehead atoms. The summed E-state index contributed by atoms with van der Waals surface area (Å²) in [6.07, 6.45) is 3.95. The molecule has 4 N–H and O–H groups in total. The van der Waals surface area contributed by atoms with Crippen LogP contribution >= 0.6 is 39.5 Å². The van der Waals surface area contributed by atoms with Gasteiger partial charge in [0.25, 0.3) is 11.8 Å². The molecule has 1 aromatic carbocycles. The maximum atomic E-state index is 12.2. The highest BCUT2D eigenvalue weighted by molar-refractivity contribution is 9.10. The number of fused-ring (bicyclic) bond motifs is 1. The van der Waals surface area contributed by atoms with Crippen LogP contribution in [0.4, 0.5) is 5.00 Å². The molecule has 130 valence electrons. The van der Waals surface area contributed by atoms with Crippen LogP contribution in [-0.4, -0.2) is 16.9 Å². The minimum Gasteiger partial charge on any atom is -0.365 e. The fraction of sp³-hybridized carbons (Fsp3) is 0.235. The smallest absolute Gasteiger partial charge is 0.257 e. The molecule has 0 radical (unpaired) electrons. The predicted octanol–water partition coefficient (Wildman–Crippen LogP) is 3.62. The van der Waals surface area contributed by atoms with Crippen LogP contribution in [0.15, 0.2) is 28.7 Å². The van der Waals surface area contributed by atoms with Crippen molar-refractivity contribution in [3.63, 3.8) is 0 Å². The van der Waals surface area contributed by atoms with E-state index >= 15 is 0 Å². The fourth-order valence-corrected chi connectivity index (χ4v) is 4.65. The molecular formula is C17H16BrN3O2S2. The summed E-state index contributed by atoms with van der Waals surface area (Å²) < 4.78 is 0.889. The van der Waals surface area contributed by atoms with Crippen molar-refractivity contribution in [2.75, 3.05) is 5.32 Å². The number of nitrogens with two attached hydrogens (primary N) is 1. The van der Waals surface area contributed by atoms with Crippen molar-refractivity contribution in [3.8, 4) is 0 Å². The van der Waals surface area contributed by atoms with Crippen LogP contribution in [0, 0.1) is 0 Å². The summed E-state index contributed by atoms with van der Waals surface area (Å²) in [6.45, 7) is 0. The topological polar surface area (TPSA) is 84.2 Å². The lowest BCUT2D eigenvalue weighted by molar-refractivity contribution is 0.0975. The Morgan fingerprint density at radius 3 is 2.52 bits per heavy atom. The number of nitrogens with one attached hydrogen (secondary N) is 2. The largest absolute Gasteiger partial charge is 0.365 e. The number of amides is 2. The van der Waals surface area contributed by atoms with Crippen LogP contribution in [0.5, 0.6) is 0 Å². The van der Waals surface area contributed by atoms with E-state index in [1.807, 2.05) is 0 Å². The Kier molecular flexibility index (Phi) is 5.51. The Labute approximate surface area is 163 Å². The lowest BCUT2D eigenvalue weighted by Gasteiger charge is -2.11. The van der Waals surface area contributed by atoms with Gasteiger partial charge in [0.05, 0.1) is 5.56 Å². The van der Waals surface area contributed by atoms with Crippen molar-refractivity contribution in [2.24, 2.45) is 5.73 Å². The highest BCUT2D eigenvalue weighted by Crippen LogP contribution is 2.37. The van der Waals surface area contributed by atoms with E-state index in [0.29, 0.717) is 16.1 Å². The first-order valence-corrected chi connectivity index (χ1v) is 9.79. The minimum absolute atomic E-state index is 0.147. The summed E-state index contributed by atoms with van der Waals surface area (Å²) >= 11 is 10.0. The quantitative estimate of drug-likeness (QED) is 0.640. The van der Waals surface area contributed by atoms with Gasteiger partial charge in [-0.2, -0.15) is 0 Å². The number of primary amides is 1. The molecule has 0 spiro atoms. The molecule has 1 aliphatic rings. The van der Waals surface area contributed by atoms with Crippen LogP contribution in [0.3, 0.4) is 0 Å². The molecule has 2 amide bonds. The van der Waals surface area contributed by atoms with Crippen molar-refractivity contribution >= 4 is 61.4 Å². The number of anilines is 1. The second kappa shape index (κ2) is 7.63. The monoisotopic (exact) mass is 437 g/mol. The summed E-state index contributed by atoms with van der Waals surface area (Å²) in [6, 6.07) is 6.95. The van der Waals surface area contributed by atoms with E-state index in [0.717, 1.165) is 35.7 Å². The maximum Gasteiger partial charge on any atom is 0.257 e. The summed E-state index contributed by atoms with van der Waals surface area (Å²) in [5.41, 5.74) is 7.57. The van der Waals surface area contributed by atoms with E-state index in [4.69, 9.17) is 18.0 Å². The molecule has 0 atom stereocenters. The summed E-state index contributed by atoms with van der Waals surface area (Å²) in [5.74, 6) is -0.782. The highest BCUT2D eigenvalue weighted by atomic mass is 79.9. The molecule has 0 fully saturated rings. The van der Waals surface area contributed by atoms with Gasteiger partial charge < -0.3 is 11.1 Å². The summed E-state index contributed by atoms with van der Waals surface area (Å²) in [4.78, 5) is 25.3. The van der Waals surface area contributed by atoms with Gasteiger partial charge in [-0.3, -0.25) is 14.9 Å². The highest BCUT2D eigenvalue weighted by Gasteiger charge is 2.24. The first-order chi connectivity index (χ1) is 12.0. The van der Waals surface area contributed by atoms with Crippen LogP contribution in [0.25, 0.3) is 0 Å². The normalized spacial score (nSPS) is 13.0. The van der Waals surface area contributed by atoms with Crippen molar-refractivity contribution in [3.05, 3.63) is 50.3 Å². The number of carbonyl (C=O) groups is 2. The zero-order valence-corrected chi connectivity index (χ0v) is 16.4. The zero-order valence-electron chi connectivity index (χ0n) is 13.2. The van der Waals surface area contributed by atoms with Crippen molar-refractivity contribution in [1.82, 2.24) is 5.32 Å². The molecule has 1 heterocycles. The molecule has 25 heavy (non-hydrogen) atoms. The number of rotatable bonds is 3. The summed E-state index contributed by atoms with van der Waals surface area (Å²) in [5, 5.41) is 6.36. The Bertz CT molecular complexity index is 846. The number of benzene rings is 1. The van der Waals surface area contributed by atoms with E-state index in [1.54, 1.807) is 24.3 Å². The Hall–Kier alpha value is -1.77. The molecule has 0 saturated heterocycles. The SMILES string of the molecule is NC(=O)c1c(NC(=S)NC(=O)c2ccc(Br)cc2)sc2c1CCCC2. The molecule has 0 saturated carbocycles. The standard InChI is InChI=1S/C17H16BrN3O2S2/c18-10-7-5-9(6-8-10)15(23)20-17(24)21-16-13(14(19)22)11-3-1-2-4-12(11)25-16/h5-8H,1-4H2,(H2,19,22)(H2,20,21,23,24). The van der Waals surface area contributed by atoms with E-state index in [2.05, 4.69) is 26.6 Å². The zero-order chi connectivity index (χ0) is 18.0.